The lowest BCUT2D eigenvalue weighted by molar-refractivity contribution is 0.361. The lowest BCUT2D eigenvalue weighted by Gasteiger charge is -2.10. The molecule has 1 fully saturated rings. The second kappa shape index (κ2) is 2.70. The van der Waals surface area contributed by atoms with Crippen molar-refractivity contribution in [3.8, 4) is 0 Å². The van der Waals surface area contributed by atoms with E-state index >= 15 is 0 Å². The van der Waals surface area contributed by atoms with Crippen LogP contribution in [0.15, 0.2) is 0 Å². The van der Waals surface area contributed by atoms with Gasteiger partial charge in [0.25, 0.3) is 0 Å². The summed E-state index contributed by atoms with van der Waals surface area (Å²) >= 11 is 0. The first-order valence-electron chi connectivity index (χ1n) is 3.42. The van der Waals surface area contributed by atoms with E-state index in [1.54, 1.807) is 6.66 Å². The van der Waals surface area contributed by atoms with E-state index in [9.17, 15) is 9.13 Å². The summed E-state index contributed by atoms with van der Waals surface area (Å²) in [5, 5.41) is 0. The van der Waals surface area contributed by atoms with Crippen LogP contribution >= 0.6 is 14.7 Å². The van der Waals surface area contributed by atoms with Crippen LogP contribution in [0.1, 0.15) is 6.42 Å². The Bertz CT molecular complexity index is 243. The Balaban J connectivity index is 2.70. The molecule has 0 radical (unpaired) electrons. The summed E-state index contributed by atoms with van der Waals surface area (Å²) in [4.78, 5) is 17.5. The number of hydrogen-bond donors (Lipinski definition) is 2. The molecule has 11 heavy (non-hydrogen) atoms. The van der Waals surface area contributed by atoms with Gasteiger partial charge in [-0.05, 0) is 13.1 Å². The molecule has 1 saturated heterocycles. The van der Waals surface area contributed by atoms with Crippen LogP contribution in [0.4, 0.5) is 0 Å². The second-order valence-electron chi connectivity index (χ2n) is 3.23. The third-order valence-electron chi connectivity index (χ3n) is 2.01. The fourth-order valence-electron chi connectivity index (χ4n) is 1.33. The topological polar surface area (TPSA) is 74.6 Å². The molecule has 4 nitrogen and oxygen atoms in total. The molecule has 0 aromatic carbocycles. The average molecular weight is 198 g/mol. The summed E-state index contributed by atoms with van der Waals surface area (Å²) in [7, 11) is -6.15. The van der Waals surface area contributed by atoms with Crippen molar-refractivity contribution in [2.24, 2.45) is 0 Å². The van der Waals surface area contributed by atoms with Crippen LogP contribution in [0.5, 0.6) is 0 Å². The van der Waals surface area contributed by atoms with Crippen LogP contribution in [-0.2, 0) is 9.13 Å². The molecule has 0 amide bonds. The molecule has 0 aromatic heterocycles. The Labute approximate surface area is 65.5 Å². The van der Waals surface area contributed by atoms with Gasteiger partial charge in [-0.25, -0.2) is 0 Å². The van der Waals surface area contributed by atoms with Gasteiger partial charge in [-0.1, -0.05) is 0 Å². The maximum atomic E-state index is 11.3. The molecule has 1 rings (SSSR count). The molecule has 0 spiro atoms. The molecule has 1 aliphatic heterocycles. The van der Waals surface area contributed by atoms with E-state index in [4.69, 9.17) is 9.79 Å². The maximum absolute atomic E-state index is 11.3. The van der Waals surface area contributed by atoms with Crippen molar-refractivity contribution in [2.45, 2.75) is 12.1 Å². The minimum Gasteiger partial charge on any atom is -0.324 e. The Kier molecular flexibility index (Phi) is 2.33. The van der Waals surface area contributed by atoms with E-state index in [0.717, 1.165) is 0 Å². The van der Waals surface area contributed by atoms with Gasteiger partial charge in [0.1, 0.15) is 0 Å². The highest BCUT2D eigenvalue weighted by atomic mass is 31.2. The number of hydrogen-bond acceptors (Lipinski definition) is 2. The van der Waals surface area contributed by atoms with Crippen molar-refractivity contribution < 1.29 is 18.9 Å². The van der Waals surface area contributed by atoms with Crippen LogP contribution in [0, 0.1) is 0 Å². The fourth-order valence-corrected chi connectivity index (χ4v) is 6.00. The summed E-state index contributed by atoms with van der Waals surface area (Å²) in [5.74, 6) is 0. The van der Waals surface area contributed by atoms with Crippen LogP contribution in [0.25, 0.3) is 0 Å². The Morgan fingerprint density at radius 3 is 2.27 bits per heavy atom. The van der Waals surface area contributed by atoms with Crippen LogP contribution in [0.3, 0.4) is 0 Å². The zero-order valence-electron chi connectivity index (χ0n) is 6.30. The van der Waals surface area contributed by atoms with Gasteiger partial charge >= 0.3 is 7.60 Å². The fraction of sp³-hybridized carbons (Fsp3) is 1.00. The molecule has 0 aromatic rings. The second-order valence-corrected chi connectivity index (χ2v) is 8.55. The van der Waals surface area contributed by atoms with Crippen molar-refractivity contribution in [1.29, 1.82) is 0 Å². The smallest absolute Gasteiger partial charge is 0.324 e. The van der Waals surface area contributed by atoms with Crippen molar-refractivity contribution in [1.82, 2.24) is 0 Å². The molecule has 0 saturated carbocycles. The summed E-state index contributed by atoms with van der Waals surface area (Å²) in [5.41, 5.74) is -0.640. The predicted octanol–water partition coefficient (Wildman–Crippen LogP) is 0.929. The zero-order valence-corrected chi connectivity index (χ0v) is 8.09. The molecule has 66 valence electrons. The average Bonchev–Trinajstić information content (AvgIpc) is 2.07. The van der Waals surface area contributed by atoms with Crippen molar-refractivity contribution in [3.63, 3.8) is 0 Å². The molecule has 0 bridgehead atoms. The van der Waals surface area contributed by atoms with Crippen molar-refractivity contribution in [2.75, 3.05) is 19.0 Å². The van der Waals surface area contributed by atoms with E-state index in [-0.39, 0.29) is 6.16 Å². The van der Waals surface area contributed by atoms with Gasteiger partial charge < -0.3 is 14.4 Å². The third-order valence-corrected chi connectivity index (χ3v) is 6.11. The first-order chi connectivity index (χ1) is 4.81. The Morgan fingerprint density at radius 2 is 2.09 bits per heavy atom. The zero-order chi connectivity index (χ0) is 8.70. The predicted molar refractivity (Wildman–Crippen MR) is 43.7 cm³/mol. The van der Waals surface area contributed by atoms with Crippen molar-refractivity contribution in [3.05, 3.63) is 0 Å². The SMILES string of the molecule is C[P@]1(=O)CC[C@@H](P(=O)(O)O)C1. The van der Waals surface area contributed by atoms with Crippen LogP contribution in [-0.4, -0.2) is 34.4 Å². The van der Waals surface area contributed by atoms with E-state index in [1.807, 2.05) is 0 Å². The first-order valence-corrected chi connectivity index (χ1v) is 7.63. The molecule has 2 atom stereocenters. The normalized spacial score (nSPS) is 39.4. The van der Waals surface area contributed by atoms with Gasteiger partial charge in [-0.2, -0.15) is 0 Å². The first kappa shape index (κ1) is 9.47. The van der Waals surface area contributed by atoms with Crippen molar-refractivity contribution >= 4 is 14.7 Å². The molecule has 0 unspecified atom stereocenters. The van der Waals surface area contributed by atoms with E-state index in [0.29, 0.717) is 12.6 Å². The third kappa shape index (κ3) is 2.41. The minimum atomic E-state index is -3.97. The highest BCUT2D eigenvalue weighted by Crippen LogP contribution is 2.58. The molecule has 1 aliphatic rings. The summed E-state index contributed by atoms with van der Waals surface area (Å²) < 4.78 is 22.0. The minimum absolute atomic E-state index is 0.220. The maximum Gasteiger partial charge on any atom is 0.329 e. The molecule has 6 heteroatoms. The summed E-state index contributed by atoms with van der Waals surface area (Å²) in [6, 6.07) is 0. The lowest BCUT2D eigenvalue weighted by Crippen LogP contribution is -2.05. The number of rotatable bonds is 1. The van der Waals surface area contributed by atoms with Gasteiger partial charge in [0.05, 0.1) is 12.8 Å². The molecule has 0 aliphatic carbocycles. The van der Waals surface area contributed by atoms with Gasteiger partial charge in [0.2, 0.25) is 0 Å². The Hall–Kier alpha value is 0.380. The summed E-state index contributed by atoms with van der Waals surface area (Å²) in [6.07, 6.45) is 1.12. The van der Waals surface area contributed by atoms with Crippen LogP contribution < -0.4 is 0 Å². The highest BCUT2D eigenvalue weighted by Gasteiger charge is 2.39. The van der Waals surface area contributed by atoms with Gasteiger partial charge in [0.15, 0.2) is 0 Å². The van der Waals surface area contributed by atoms with E-state index < -0.39 is 20.4 Å². The lowest BCUT2D eigenvalue weighted by atomic mass is 10.4. The quantitative estimate of drug-likeness (QED) is 0.614. The molecular weight excluding hydrogens is 186 g/mol. The highest BCUT2D eigenvalue weighted by molar-refractivity contribution is 7.65. The van der Waals surface area contributed by atoms with E-state index in [2.05, 4.69) is 0 Å². The molecule has 1 heterocycles. The largest absolute Gasteiger partial charge is 0.329 e. The molecular formula is C5H12O4P2. The Morgan fingerprint density at radius 1 is 1.55 bits per heavy atom. The van der Waals surface area contributed by atoms with Gasteiger partial charge in [0, 0.05) is 12.3 Å². The molecule has 2 N–H and O–H groups in total. The summed E-state index contributed by atoms with van der Waals surface area (Å²) in [6.45, 7) is 1.61. The van der Waals surface area contributed by atoms with Crippen LogP contribution in [0.2, 0.25) is 0 Å². The monoisotopic (exact) mass is 198 g/mol. The standard InChI is InChI=1S/C5H12O4P2/c1-10(6)3-2-5(4-10)11(7,8)9/h5H,2-4H2,1H3,(H2,7,8,9)/t5-,10+/m1/s1. The van der Waals surface area contributed by atoms with Gasteiger partial charge in [-0.15, -0.1) is 0 Å². The van der Waals surface area contributed by atoms with Gasteiger partial charge in [-0.3, -0.25) is 4.57 Å². The van der Waals surface area contributed by atoms with E-state index in [1.165, 1.54) is 0 Å².